The average Bonchev–Trinajstić information content (AvgIpc) is 2.90. The summed E-state index contributed by atoms with van der Waals surface area (Å²) in [5, 5.41) is 6.46. The molecule has 1 fully saturated rings. The van der Waals surface area contributed by atoms with Gasteiger partial charge in [-0.05, 0) is 87.4 Å². The van der Waals surface area contributed by atoms with Gasteiger partial charge in [-0.25, -0.2) is 0 Å². The quantitative estimate of drug-likeness (QED) is 0.402. The second kappa shape index (κ2) is 11.7. The number of amides is 2. The van der Waals surface area contributed by atoms with Gasteiger partial charge in [0.2, 0.25) is 11.8 Å². The van der Waals surface area contributed by atoms with Gasteiger partial charge in [0.25, 0.3) is 5.91 Å². The van der Waals surface area contributed by atoms with E-state index in [2.05, 4.69) is 27.6 Å². The highest BCUT2D eigenvalue weighted by atomic mass is 16.5. The van der Waals surface area contributed by atoms with E-state index in [0.717, 1.165) is 37.9 Å². The Morgan fingerprint density at radius 2 is 1.86 bits per heavy atom. The van der Waals surface area contributed by atoms with Crippen molar-refractivity contribution in [2.75, 3.05) is 32.6 Å². The third kappa shape index (κ3) is 6.56. The van der Waals surface area contributed by atoms with Crippen LogP contribution in [-0.2, 0) is 6.42 Å². The highest BCUT2D eigenvalue weighted by Crippen LogP contribution is 2.31. The molecular formula is C28H33N5O4. The van der Waals surface area contributed by atoms with E-state index in [1.165, 1.54) is 0 Å². The van der Waals surface area contributed by atoms with E-state index < -0.39 is 5.91 Å². The molecule has 2 amide bonds. The number of anilines is 2. The molecule has 194 valence electrons. The number of nitrogens with zero attached hydrogens (tertiary/aromatic N) is 2. The fourth-order valence-corrected chi connectivity index (χ4v) is 4.24. The van der Waals surface area contributed by atoms with Crippen LogP contribution in [0.25, 0.3) is 0 Å². The Hall–Kier alpha value is -4.11. The van der Waals surface area contributed by atoms with E-state index in [1.807, 2.05) is 19.1 Å². The molecule has 0 aliphatic carbocycles. The molecule has 0 spiro atoms. The van der Waals surface area contributed by atoms with Gasteiger partial charge in [-0.2, -0.15) is 4.98 Å². The summed E-state index contributed by atoms with van der Waals surface area (Å²) in [6, 6.07) is 15.8. The molecule has 0 radical (unpaired) electrons. The molecule has 0 unspecified atom stereocenters. The van der Waals surface area contributed by atoms with Crippen molar-refractivity contribution in [3.8, 4) is 17.4 Å². The van der Waals surface area contributed by atoms with Crippen LogP contribution in [0.4, 0.5) is 11.5 Å². The molecule has 3 aromatic rings. The maximum atomic E-state index is 12.9. The van der Waals surface area contributed by atoms with Gasteiger partial charge in [0, 0.05) is 23.2 Å². The average molecular weight is 504 g/mol. The highest BCUT2D eigenvalue weighted by molar-refractivity contribution is 5.95. The lowest BCUT2D eigenvalue weighted by Gasteiger charge is -2.29. The van der Waals surface area contributed by atoms with E-state index in [-0.39, 0.29) is 11.9 Å². The van der Waals surface area contributed by atoms with E-state index in [9.17, 15) is 9.59 Å². The van der Waals surface area contributed by atoms with Crippen LogP contribution in [0.3, 0.4) is 0 Å². The van der Waals surface area contributed by atoms with Gasteiger partial charge < -0.3 is 30.7 Å². The van der Waals surface area contributed by atoms with Crippen LogP contribution in [0.15, 0.2) is 54.6 Å². The van der Waals surface area contributed by atoms with Gasteiger partial charge in [-0.3, -0.25) is 9.59 Å². The number of piperidine rings is 1. The highest BCUT2D eigenvalue weighted by Gasteiger charge is 2.20. The van der Waals surface area contributed by atoms with Crippen LogP contribution < -0.4 is 25.8 Å². The summed E-state index contributed by atoms with van der Waals surface area (Å²) in [5.41, 5.74) is 7.92. The first-order valence-electron chi connectivity index (χ1n) is 12.4. The first-order chi connectivity index (χ1) is 17.9. The number of primary amides is 1. The lowest BCUT2D eigenvalue weighted by atomic mass is 10.0. The Kier molecular flexibility index (Phi) is 8.25. The van der Waals surface area contributed by atoms with E-state index in [4.69, 9.17) is 15.2 Å². The molecule has 1 aromatic heterocycles. The number of aryl methyl sites for hydroxylation is 1. The van der Waals surface area contributed by atoms with Crippen molar-refractivity contribution in [3.63, 3.8) is 0 Å². The van der Waals surface area contributed by atoms with Crippen LogP contribution in [0, 0.1) is 0 Å². The predicted molar refractivity (Wildman–Crippen MR) is 143 cm³/mol. The first kappa shape index (κ1) is 26.0. The van der Waals surface area contributed by atoms with E-state index >= 15 is 0 Å². The summed E-state index contributed by atoms with van der Waals surface area (Å²) in [6.07, 6.45) is 2.62. The second-order valence-electron chi connectivity index (χ2n) is 9.10. The molecule has 2 aromatic carbocycles. The molecule has 37 heavy (non-hydrogen) atoms. The molecule has 4 rings (SSSR count). The smallest absolute Gasteiger partial charge is 0.251 e. The molecule has 0 saturated carbocycles. The minimum atomic E-state index is -0.530. The van der Waals surface area contributed by atoms with Crippen LogP contribution >= 0.6 is 0 Å². The molecule has 1 aliphatic rings. The van der Waals surface area contributed by atoms with Crippen LogP contribution in [0.5, 0.6) is 17.4 Å². The fraction of sp³-hybridized carbons (Fsp3) is 0.321. The number of pyridine rings is 1. The number of hydrogen-bond acceptors (Lipinski definition) is 7. The predicted octanol–water partition coefficient (Wildman–Crippen LogP) is 4.11. The monoisotopic (exact) mass is 503 g/mol. The molecule has 0 bridgehead atoms. The largest absolute Gasteiger partial charge is 0.495 e. The maximum Gasteiger partial charge on any atom is 0.251 e. The maximum absolute atomic E-state index is 12.9. The molecular weight excluding hydrogens is 470 g/mol. The molecule has 1 saturated heterocycles. The zero-order valence-corrected chi connectivity index (χ0v) is 21.4. The Balaban J connectivity index is 1.51. The number of hydrogen-bond donors (Lipinski definition) is 3. The normalized spacial score (nSPS) is 14.1. The van der Waals surface area contributed by atoms with Gasteiger partial charge >= 0.3 is 0 Å². The van der Waals surface area contributed by atoms with Gasteiger partial charge in [0.15, 0.2) is 0 Å². The SMILES string of the molecule is CCc1ccc(Oc2cccc(C(N)=O)c2)nc1Nc1ccc(C(=O)NC2CCN(C)CC2)cc1OC. The second-order valence-corrected chi connectivity index (χ2v) is 9.10. The number of methoxy groups -OCH3 is 1. The van der Waals surface area contributed by atoms with Gasteiger partial charge in [-0.15, -0.1) is 0 Å². The fourth-order valence-electron chi connectivity index (χ4n) is 4.24. The van der Waals surface area contributed by atoms with Crippen LogP contribution in [-0.4, -0.2) is 55.0 Å². The number of nitrogens with two attached hydrogens (primary N) is 1. The number of ether oxygens (including phenoxy) is 2. The Morgan fingerprint density at radius 1 is 1.08 bits per heavy atom. The molecule has 9 heteroatoms. The Labute approximate surface area is 217 Å². The summed E-state index contributed by atoms with van der Waals surface area (Å²) >= 11 is 0. The van der Waals surface area contributed by atoms with Crippen molar-refractivity contribution in [1.82, 2.24) is 15.2 Å². The summed E-state index contributed by atoms with van der Waals surface area (Å²) in [7, 11) is 3.66. The standard InChI is InChI=1S/C28H33N5O4/c1-4-18-9-11-25(37-22-7-5-6-19(16-22)26(29)34)32-27(18)31-23-10-8-20(17-24(23)36-3)28(35)30-21-12-14-33(2)15-13-21/h5-11,16-17,21H,4,12-15H2,1-3H3,(H2,29,34)(H,30,35)(H,31,32). The summed E-state index contributed by atoms with van der Waals surface area (Å²) in [6.45, 7) is 3.99. The molecule has 9 nitrogen and oxygen atoms in total. The number of carbonyl (C=O) groups excluding carboxylic acids is 2. The number of carbonyl (C=O) groups is 2. The van der Waals surface area contributed by atoms with Gasteiger partial charge in [0.05, 0.1) is 12.8 Å². The first-order valence-corrected chi connectivity index (χ1v) is 12.4. The number of aromatic nitrogens is 1. The topological polar surface area (TPSA) is 119 Å². The van der Waals surface area contributed by atoms with E-state index in [1.54, 1.807) is 49.6 Å². The molecule has 1 aliphatic heterocycles. The number of benzene rings is 2. The third-order valence-electron chi connectivity index (χ3n) is 6.45. The zero-order chi connectivity index (χ0) is 26.4. The summed E-state index contributed by atoms with van der Waals surface area (Å²) in [5.74, 6) is 1.30. The van der Waals surface area contributed by atoms with Crippen LogP contribution in [0.1, 0.15) is 46.0 Å². The van der Waals surface area contributed by atoms with Gasteiger partial charge in [0.1, 0.15) is 17.3 Å². The Bertz CT molecular complexity index is 1270. The van der Waals surface area contributed by atoms with Crippen molar-refractivity contribution in [2.45, 2.75) is 32.2 Å². The molecule has 4 N–H and O–H groups in total. The lowest BCUT2D eigenvalue weighted by molar-refractivity contribution is 0.0915. The summed E-state index contributed by atoms with van der Waals surface area (Å²) in [4.78, 5) is 31.2. The van der Waals surface area contributed by atoms with Crippen molar-refractivity contribution in [2.24, 2.45) is 5.73 Å². The number of rotatable bonds is 9. The van der Waals surface area contributed by atoms with Crippen LogP contribution in [0.2, 0.25) is 0 Å². The minimum Gasteiger partial charge on any atom is -0.495 e. The Morgan fingerprint density at radius 3 is 2.57 bits per heavy atom. The minimum absolute atomic E-state index is 0.111. The number of nitrogens with one attached hydrogen (secondary N) is 2. The van der Waals surface area contributed by atoms with Crippen molar-refractivity contribution in [1.29, 1.82) is 0 Å². The molecule has 0 atom stereocenters. The lowest BCUT2D eigenvalue weighted by Crippen LogP contribution is -2.43. The van der Waals surface area contributed by atoms with Crippen molar-refractivity contribution < 1.29 is 19.1 Å². The van der Waals surface area contributed by atoms with E-state index in [0.29, 0.717) is 40.0 Å². The van der Waals surface area contributed by atoms with Gasteiger partial charge in [-0.1, -0.05) is 13.0 Å². The van der Waals surface area contributed by atoms with Crippen molar-refractivity contribution >= 4 is 23.3 Å². The number of likely N-dealkylation sites (tertiary alicyclic amines) is 1. The molecule has 2 heterocycles. The van der Waals surface area contributed by atoms with Crippen molar-refractivity contribution in [3.05, 3.63) is 71.3 Å². The zero-order valence-electron chi connectivity index (χ0n) is 21.4. The third-order valence-corrected chi connectivity index (χ3v) is 6.45. The summed E-state index contributed by atoms with van der Waals surface area (Å²) < 4.78 is 11.5.